The molecule has 0 aliphatic carbocycles. The first-order chi connectivity index (χ1) is 13.8. The van der Waals surface area contributed by atoms with Gasteiger partial charge in [-0.3, -0.25) is 9.59 Å². The van der Waals surface area contributed by atoms with Gasteiger partial charge in [-0.2, -0.15) is 0 Å². The fourth-order valence-electron chi connectivity index (χ4n) is 3.42. The first-order valence-electron chi connectivity index (χ1n) is 10.3. The molecule has 1 fully saturated rings. The lowest BCUT2D eigenvalue weighted by Crippen LogP contribution is -2.31. The first-order valence-corrected chi connectivity index (χ1v) is 10.3. The van der Waals surface area contributed by atoms with Crippen molar-refractivity contribution in [2.24, 2.45) is 0 Å². The molecule has 0 radical (unpaired) electrons. The van der Waals surface area contributed by atoms with Gasteiger partial charge < -0.3 is 15.0 Å². The molecule has 1 saturated heterocycles. The van der Waals surface area contributed by atoms with Gasteiger partial charge >= 0.3 is 0 Å². The van der Waals surface area contributed by atoms with Crippen LogP contribution in [0.5, 0.6) is 5.75 Å². The third-order valence-electron chi connectivity index (χ3n) is 5.32. The molecule has 29 heavy (non-hydrogen) atoms. The summed E-state index contributed by atoms with van der Waals surface area (Å²) in [6.45, 7) is 9.56. The third kappa shape index (κ3) is 5.17. The summed E-state index contributed by atoms with van der Waals surface area (Å²) in [6, 6.07) is 13.2. The second kappa shape index (κ2) is 9.12. The van der Waals surface area contributed by atoms with E-state index >= 15 is 0 Å². The van der Waals surface area contributed by atoms with Gasteiger partial charge in [0.05, 0.1) is 0 Å². The van der Waals surface area contributed by atoms with E-state index in [0.29, 0.717) is 17.2 Å². The lowest BCUT2D eigenvalue weighted by molar-refractivity contribution is -0.122. The number of carbonyl (C=O) groups is 2. The fourth-order valence-corrected chi connectivity index (χ4v) is 3.42. The maximum absolute atomic E-state index is 12.7. The molecule has 2 amide bonds. The predicted octanol–water partition coefficient (Wildman–Crippen LogP) is 4.76. The van der Waals surface area contributed by atoms with E-state index in [1.165, 1.54) is 5.56 Å². The van der Waals surface area contributed by atoms with Crippen LogP contribution >= 0.6 is 0 Å². The molecule has 0 spiro atoms. The molecular weight excluding hydrogens is 364 g/mol. The fraction of sp³-hybridized carbons (Fsp3) is 0.417. The molecule has 5 heteroatoms. The Morgan fingerprint density at radius 1 is 1.03 bits per heavy atom. The number of nitrogens with one attached hydrogen (secondary N) is 1. The van der Waals surface area contributed by atoms with Crippen molar-refractivity contribution in [1.82, 2.24) is 4.90 Å². The minimum atomic E-state index is -0.658. The Morgan fingerprint density at radius 2 is 1.76 bits per heavy atom. The zero-order chi connectivity index (χ0) is 21.0. The molecule has 3 rings (SSSR count). The summed E-state index contributed by atoms with van der Waals surface area (Å²) in [5.74, 6) is 0.879. The van der Waals surface area contributed by atoms with E-state index in [-0.39, 0.29) is 11.8 Å². The van der Waals surface area contributed by atoms with Gasteiger partial charge in [0.15, 0.2) is 6.10 Å². The standard InChI is InChI=1S/C24H30N2O3/c1-16(2)19-11-10-17(3)22(15-19)29-18(4)23(27)25-21-9-7-8-20(14-21)24(28)26-12-5-6-13-26/h7-11,14-16,18H,5-6,12-13H2,1-4H3,(H,25,27). The Balaban J connectivity index is 1.66. The van der Waals surface area contributed by atoms with Crippen LogP contribution in [0.1, 0.15) is 61.0 Å². The highest BCUT2D eigenvalue weighted by molar-refractivity contribution is 5.98. The second-order valence-corrected chi connectivity index (χ2v) is 8.01. The largest absolute Gasteiger partial charge is 0.481 e. The van der Waals surface area contributed by atoms with Gasteiger partial charge in [-0.15, -0.1) is 0 Å². The van der Waals surface area contributed by atoms with E-state index in [1.807, 2.05) is 24.0 Å². The Bertz CT molecular complexity index is 885. The molecule has 1 unspecified atom stereocenters. The van der Waals surface area contributed by atoms with Crippen molar-refractivity contribution in [1.29, 1.82) is 0 Å². The molecule has 0 aromatic heterocycles. The maximum atomic E-state index is 12.7. The molecule has 0 saturated carbocycles. The number of likely N-dealkylation sites (tertiary alicyclic amines) is 1. The Morgan fingerprint density at radius 3 is 2.45 bits per heavy atom. The second-order valence-electron chi connectivity index (χ2n) is 8.01. The Kier molecular flexibility index (Phi) is 6.57. The van der Waals surface area contributed by atoms with E-state index < -0.39 is 6.10 Å². The molecular formula is C24H30N2O3. The molecule has 5 nitrogen and oxygen atoms in total. The van der Waals surface area contributed by atoms with Crippen molar-refractivity contribution in [3.8, 4) is 5.75 Å². The number of hydrogen-bond acceptors (Lipinski definition) is 3. The summed E-state index contributed by atoms with van der Waals surface area (Å²) in [6.07, 6.45) is 1.44. The van der Waals surface area contributed by atoms with Gasteiger partial charge in [-0.05, 0) is 68.0 Å². The van der Waals surface area contributed by atoms with Crippen molar-refractivity contribution >= 4 is 17.5 Å². The van der Waals surface area contributed by atoms with Crippen LogP contribution in [0.25, 0.3) is 0 Å². The van der Waals surface area contributed by atoms with Gasteiger partial charge in [-0.1, -0.05) is 32.0 Å². The molecule has 154 valence electrons. The molecule has 1 heterocycles. The van der Waals surface area contributed by atoms with Crippen molar-refractivity contribution < 1.29 is 14.3 Å². The van der Waals surface area contributed by atoms with Crippen LogP contribution in [0, 0.1) is 6.92 Å². The lowest BCUT2D eigenvalue weighted by atomic mass is 10.0. The van der Waals surface area contributed by atoms with E-state index in [2.05, 4.69) is 25.2 Å². The number of benzene rings is 2. The number of rotatable bonds is 6. The zero-order valence-corrected chi connectivity index (χ0v) is 17.7. The van der Waals surface area contributed by atoms with E-state index in [0.717, 1.165) is 37.2 Å². The number of nitrogens with zero attached hydrogens (tertiary/aromatic N) is 1. The summed E-state index contributed by atoms with van der Waals surface area (Å²) in [7, 11) is 0. The molecule has 0 bridgehead atoms. The van der Waals surface area contributed by atoms with Gasteiger partial charge in [0.25, 0.3) is 11.8 Å². The number of ether oxygens (including phenoxy) is 1. The summed E-state index contributed by atoms with van der Waals surface area (Å²) in [4.78, 5) is 27.1. The highest BCUT2D eigenvalue weighted by Crippen LogP contribution is 2.25. The number of amides is 2. The van der Waals surface area contributed by atoms with Gasteiger partial charge in [0.1, 0.15) is 5.75 Å². The number of hydrogen-bond donors (Lipinski definition) is 1. The number of carbonyl (C=O) groups excluding carboxylic acids is 2. The third-order valence-corrected chi connectivity index (χ3v) is 5.32. The van der Waals surface area contributed by atoms with Crippen molar-refractivity contribution in [3.05, 3.63) is 59.2 Å². The van der Waals surface area contributed by atoms with Crippen LogP contribution < -0.4 is 10.1 Å². The Labute approximate surface area is 173 Å². The minimum Gasteiger partial charge on any atom is -0.481 e. The van der Waals surface area contributed by atoms with E-state index in [1.54, 1.807) is 31.2 Å². The van der Waals surface area contributed by atoms with Crippen molar-refractivity contribution in [2.75, 3.05) is 18.4 Å². The van der Waals surface area contributed by atoms with Crippen LogP contribution in [-0.4, -0.2) is 35.9 Å². The van der Waals surface area contributed by atoms with Gasteiger partial charge in [-0.25, -0.2) is 0 Å². The smallest absolute Gasteiger partial charge is 0.265 e. The molecule has 1 aliphatic rings. The summed E-state index contributed by atoms with van der Waals surface area (Å²) >= 11 is 0. The van der Waals surface area contributed by atoms with Gasteiger partial charge in [0.2, 0.25) is 0 Å². The van der Waals surface area contributed by atoms with Crippen LogP contribution in [0.15, 0.2) is 42.5 Å². The van der Waals surface area contributed by atoms with Crippen LogP contribution in [0.3, 0.4) is 0 Å². The highest BCUT2D eigenvalue weighted by Gasteiger charge is 2.21. The van der Waals surface area contributed by atoms with E-state index in [4.69, 9.17) is 4.74 Å². The average molecular weight is 395 g/mol. The average Bonchev–Trinajstić information content (AvgIpc) is 3.23. The minimum absolute atomic E-state index is 0.0176. The molecule has 2 aromatic carbocycles. The Hall–Kier alpha value is -2.82. The topological polar surface area (TPSA) is 58.6 Å². The number of aryl methyl sites for hydroxylation is 1. The van der Waals surface area contributed by atoms with E-state index in [9.17, 15) is 9.59 Å². The molecule has 1 N–H and O–H groups in total. The van der Waals surface area contributed by atoms with Crippen molar-refractivity contribution in [3.63, 3.8) is 0 Å². The molecule has 2 aromatic rings. The molecule has 1 aliphatic heterocycles. The summed E-state index contributed by atoms with van der Waals surface area (Å²) < 4.78 is 5.94. The number of anilines is 1. The highest BCUT2D eigenvalue weighted by atomic mass is 16.5. The zero-order valence-electron chi connectivity index (χ0n) is 17.7. The van der Waals surface area contributed by atoms with Crippen LogP contribution in [0.4, 0.5) is 5.69 Å². The molecule has 1 atom stereocenters. The lowest BCUT2D eigenvalue weighted by Gasteiger charge is -2.18. The van der Waals surface area contributed by atoms with Crippen LogP contribution in [-0.2, 0) is 4.79 Å². The SMILES string of the molecule is Cc1ccc(C(C)C)cc1OC(C)C(=O)Nc1cccc(C(=O)N2CCCC2)c1. The van der Waals surface area contributed by atoms with Crippen molar-refractivity contribution in [2.45, 2.75) is 52.6 Å². The van der Waals surface area contributed by atoms with Crippen LogP contribution in [0.2, 0.25) is 0 Å². The van der Waals surface area contributed by atoms with Gasteiger partial charge in [0, 0.05) is 24.3 Å². The quantitative estimate of drug-likeness (QED) is 0.768. The first kappa shape index (κ1) is 20.9. The predicted molar refractivity (Wildman–Crippen MR) is 116 cm³/mol. The maximum Gasteiger partial charge on any atom is 0.265 e. The summed E-state index contributed by atoms with van der Waals surface area (Å²) in [5.41, 5.74) is 3.36. The summed E-state index contributed by atoms with van der Waals surface area (Å²) in [5, 5.41) is 2.87. The monoisotopic (exact) mass is 394 g/mol. The normalized spacial score (nSPS) is 14.7.